The van der Waals surface area contributed by atoms with Crippen molar-refractivity contribution in [1.82, 2.24) is 14.7 Å². The van der Waals surface area contributed by atoms with Gasteiger partial charge in [-0.15, -0.1) is 11.3 Å². The standard InChI is InChI=1S/C16H19N3OS/c1-4-17-10-14-15(18-16-19(14)5-6-21-16)20-13-8-11(2)7-12(3)9-13/h5-9,17H,4,10H2,1-3H3. The van der Waals surface area contributed by atoms with E-state index in [4.69, 9.17) is 4.74 Å². The zero-order valence-corrected chi connectivity index (χ0v) is 13.3. The molecule has 1 N–H and O–H groups in total. The number of aromatic nitrogens is 2. The van der Waals surface area contributed by atoms with Crippen LogP contribution < -0.4 is 10.1 Å². The summed E-state index contributed by atoms with van der Waals surface area (Å²) in [6, 6.07) is 6.22. The number of hydrogen-bond acceptors (Lipinski definition) is 4. The summed E-state index contributed by atoms with van der Waals surface area (Å²) in [5, 5.41) is 5.39. The summed E-state index contributed by atoms with van der Waals surface area (Å²) >= 11 is 1.62. The molecule has 0 bridgehead atoms. The molecule has 4 nitrogen and oxygen atoms in total. The molecule has 5 heteroatoms. The molecule has 1 aromatic carbocycles. The average Bonchev–Trinajstić information content (AvgIpc) is 2.96. The minimum absolute atomic E-state index is 0.688. The largest absolute Gasteiger partial charge is 0.437 e. The molecular weight excluding hydrogens is 282 g/mol. The van der Waals surface area contributed by atoms with Crippen molar-refractivity contribution in [1.29, 1.82) is 0 Å². The van der Waals surface area contributed by atoms with Crippen molar-refractivity contribution >= 4 is 16.3 Å². The molecule has 0 atom stereocenters. The maximum atomic E-state index is 6.05. The van der Waals surface area contributed by atoms with Gasteiger partial charge in [-0.1, -0.05) is 13.0 Å². The molecule has 0 saturated heterocycles. The van der Waals surface area contributed by atoms with Crippen molar-refractivity contribution in [2.24, 2.45) is 0 Å². The quantitative estimate of drug-likeness (QED) is 0.776. The Morgan fingerprint density at radius 3 is 2.71 bits per heavy atom. The topological polar surface area (TPSA) is 38.6 Å². The Balaban J connectivity index is 1.96. The highest BCUT2D eigenvalue weighted by Crippen LogP contribution is 2.29. The van der Waals surface area contributed by atoms with Crippen LogP contribution in [0.1, 0.15) is 23.7 Å². The lowest BCUT2D eigenvalue weighted by atomic mass is 10.1. The van der Waals surface area contributed by atoms with Crippen LogP contribution in [0, 0.1) is 13.8 Å². The van der Waals surface area contributed by atoms with Gasteiger partial charge in [-0.05, 0) is 43.7 Å². The molecule has 3 rings (SSSR count). The Morgan fingerprint density at radius 2 is 2.00 bits per heavy atom. The normalized spacial score (nSPS) is 11.2. The van der Waals surface area contributed by atoms with Gasteiger partial charge in [0.15, 0.2) is 4.96 Å². The zero-order valence-electron chi connectivity index (χ0n) is 12.5. The first-order valence-electron chi connectivity index (χ1n) is 7.08. The Bertz CT molecular complexity index is 740. The maximum Gasteiger partial charge on any atom is 0.243 e. The van der Waals surface area contributed by atoms with Crippen LogP contribution in [0.25, 0.3) is 4.96 Å². The third-order valence-corrected chi connectivity index (χ3v) is 4.03. The van der Waals surface area contributed by atoms with Crippen LogP contribution in [-0.2, 0) is 6.54 Å². The molecule has 0 amide bonds. The molecule has 0 spiro atoms. The number of nitrogens with one attached hydrogen (secondary N) is 1. The first-order valence-corrected chi connectivity index (χ1v) is 7.96. The second-order valence-electron chi connectivity index (χ2n) is 5.13. The number of ether oxygens (including phenoxy) is 1. The summed E-state index contributed by atoms with van der Waals surface area (Å²) in [5.74, 6) is 1.53. The summed E-state index contributed by atoms with van der Waals surface area (Å²) in [6.07, 6.45) is 2.04. The van der Waals surface area contributed by atoms with E-state index in [9.17, 15) is 0 Å². The van der Waals surface area contributed by atoms with Crippen molar-refractivity contribution in [3.63, 3.8) is 0 Å². The smallest absolute Gasteiger partial charge is 0.243 e. The third-order valence-electron chi connectivity index (χ3n) is 3.28. The molecule has 0 radical (unpaired) electrons. The fraction of sp³-hybridized carbons (Fsp3) is 0.312. The van der Waals surface area contributed by atoms with Gasteiger partial charge in [-0.2, -0.15) is 4.98 Å². The highest BCUT2D eigenvalue weighted by Gasteiger charge is 2.15. The van der Waals surface area contributed by atoms with Crippen molar-refractivity contribution in [3.05, 3.63) is 46.6 Å². The van der Waals surface area contributed by atoms with Crippen LogP contribution in [0.5, 0.6) is 11.6 Å². The minimum atomic E-state index is 0.688. The summed E-state index contributed by atoms with van der Waals surface area (Å²) in [6.45, 7) is 7.90. The van der Waals surface area contributed by atoms with E-state index < -0.39 is 0 Å². The molecule has 0 aliphatic carbocycles. The van der Waals surface area contributed by atoms with Gasteiger partial charge in [-0.3, -0.25) is 4.40 Å². The Hall–Kier alpha value is -1.85. The van der Waals surface area contributed by atoms with Crippen molar-refractivity contribution in [2.75, 3.05) is 6.54 Å². The summed E-state index contributed by atoms with van der Waals surface area (Å²) < 4.78 is 8.13. The zero-order chi connectivity index (χ0) is 14.8. The van der Waals surface area contributed by atoms with Gasteiger partial charge < -0.3 is 10.1 Å². The Kier molecular flexibility index (Phi) is 3.94. The van der Waals surface area contributed by atoms with Crippen LogP contribution in [0.3, 0.4) is 0 Å². The fourth-order valence-corrected chi connectivity index (χ4v) is 3.13. The molecule has 21 heavy (non-hydrogen) atoms. The molecule has 0 aliphatic heterocycles. The summed E-state index contributed by atoms with van der Waals surface area (Å²) in [4.78, 5) is 5.56. The monoisotopic (exact) mass is 301 g/mol. The highest BCUT2D eigenvalue weighted by molar-refractivity contribution is 7.15. The van der Waals surface area contributed by atoms with Crippen molar-refractivity contribution < 1.29 is 4.74 Å². The van der Waals surface area contributed by atoms with E-state index in [1.54, 1.807) is 11.3 Å². The predicted octanol–water partition coefficient (Wildman–Crippen LogP) is 3.91. The predicted molar refractivity (Wildman–Crippen MR) is 86.4 cm³/mol. The molecule has 3 aromatic rings. The first-order chi connectivity index (χ1) is 10.2. The number of nitrogens with zero attached hydrogens (tertiary/aromatic N) is 2. The maximum absolute atomic E-state index is 6.05. The van der Waals surface area contributed by atoms with Gasteiger partial charge in [0.1, 0.15) is 11.4 Å². The lowest BCUT2D eigenvalue weighted by Crippen LogP contribution is -2.13. The number of aryl methyl sites for hydroxylation is 2. The first kappa shape index (κ1) is 14.1. The average molecular weight is 301 g/mol. The van der Waals surface area contributed by atoms with Gasteiger partial charge >= 0.3 is 0 Å². The van der Waals surface area contributed by atoms with Gasteiger partial charge in [-0.25, -0.2) is 0 Å². The van der Waals surface area contributed by atoms with Crippen LogP contribution in [0.15, 0.2) is 29.8 Å². The molecule has 0 fully saturated rings. The molecule has 0 saturated carbocycles. The number of hydrogen-bond donors (Lipinski definition) is 1. The van der Waals surface area contributed by atoms with Crippen molar-refractivity contribution in [3.8, 4) is 11.6 Å². The third kappa shape index (κ3) is 2.94. The van der Waals surface area contributed by atoms with Gasteiger partial charge in [0, 0.05) is 18.1 Å². The van der Waals surface area contributed by atoms with E-state index in [1.165, 1.54) is 11.1 Å². The number of thiazole rings is 1. The number of imidazole rings is 1. The van der Waals surface area contributed by atoms with E-state index in [2.05, 4.69) is 41.5 Å². The fourth-order valence-electron chi connectivity index (χ4n) is 2.40. The van der Waals surface area contributed by atoms with Crippen molar-refractivity contribution in [2.45, 2.75) is 27.3 Å². The van der Waals surface area contributed by atoms with E-state index in [0.717, 1.165) is 29.5 Å². The van der Waals surface area contributed by atoms with E-state index in [-0.39, 0.29) is 0 Å². The highest BCUT2D eigenvalue weighted by atomic mass is 32.1. The van der Waals surface area contributed by atoms with Crippen LogP contribution in [0.2, 0.25) is 0 Å². The van der Waals surface area contributed by atoms with Gasteiger partial charge in [0.2, 0.25) is 5.88 Å². The van der Waals surface area contributed by atoms with E-state index in [0.29, 0.717) is 5.88 Å². The second-order valence-corrected chi connectivity index (χ2v) is 6.00. The van der Waals surface area contributed by atoms with Crippen LogP contribution in [-0.4, -0.2) is 15.9 Å². The van der Waals surface area contributed by atoms with Crippen LogP contribution in [0.4, 0.5) is 0 Å². The van der Waals surface area contributed by atoms with Crippen LogP contribution >= 0.6 is 11.3 Å². The summed E-state index contributed by atoms with van der Waals surface area (Å²) in [7, 11) is 0. The molecule has 0 unspecified atom stereocenters. The lowest BCUT2D eigenvalue weighted by molar-refractivity contribution is 0.455. The molecule has 0 aliphatic rings. The molecular formula is C16H19N3OS. The number of rotatable bonds is 5. The number of benzene rings is 1. The second kappa shape index (κ2) is 5.87. The molecule has 2 heterocycles. The minimum Gasteiger partial charge on any atom is -0.437 e. The summed E-state index contributed by atoms with van der Waals surface area (Å²) in [5.41, 5.74) is 3.45. The SMILES string of the molecule is CCNCc1c(Oc2cc(C)cc(C)c2)nc2sccn12. The number of fused-ring (bicyclic) bond motifs is 1. The van der Waals surface area contributed by atoms with Gasteiger partial charge in [0.05, 0.1) is 0 Å². The molecule has 110 valence electrons. The Labute approximate surface area is 128 Å². The van der Waals surface area contributed by atoms with E-state index >= 15 is 0 Å². The van der Waals surface area contributed by atoms with Gasteiger partial charge in [0.25, 0.3) is 0 Å². The lowest BCUT2D eigenvalue weighted by Gasteiger charge is -2.08. The van der Waals surface area contributed by atoms with E-state index in [1.807, 2.05) is 23.7 Å². The Morgan fingerprint density at radius 1 is 1.24 bits per heavy atom. The molecule has 2 aromatic heterocycles.